The third-order valence-electron chi connectivity index (χ3n) is 3.60. The van der Waals surface area contributed by atoms with Crippen molar-refractivity contribution in [1.82, 2.24) is 0 Å². The molecule has 0 aromatic heterocycles. The fourth-order valence-electron chi connectivity index (χ4n) is 1.96. The van der Waals surface area contributed by atoms with Crippen molar-refractivity contribution in [3.8, 4) is 0 Å². The summed E-state index contributed by atoms with van der Waals surface area (Å²) >= 11 is 12.3. The molecule has 0 atom stereocenters. The molecule has 0 unspecified atom stereocenters. The summed E-state index contributed by atoms with van der Waals surface area (Å²) in [5, 5.41) is 0. The quantitative estimate of drug-likeness (QED) is 0.685. The van der Waals surface area contributed by atoms with Crippen LogP contribution in [0.5, 0.6) is 0 Å². The highest BCUT2D eigenvalue weighted by Gasteiger charge is 2.32. The van der Waals surface area contributed by atoms with E-state index in [-0.39, 0.29) is 5.41 Å². The molecule has 0 heterocycles. The second-order valence-electron chi connectivity index (χ2n) is 5.37. The van der Waals surface area contributed by atoms with Gasteiger partial charge in [0.2, 0.25) is 0 Å². The van der Waals surface area contributed by atoms with E-state index in [9.17, 15) is 0 Å². The van der Waals surface area contributed by atoms with Crippen molar-refractivity contribution in [3.05, 3.63) is 35.4 Å². The summed E-state index contributed by atoms with van der Waals surface area (Å²) < 4.78 is 5.82. The smallest absolute Gasteiger partial charge is 0.0586 e. The SMILES string of the molecule is Cc1ccc(C(CCl)(CCl)COCC2CC2)cc1. The number of hydrogen-bond acceptors (Lipinski definition) is 1. The number of aryl methyl sites for hydroxylation is 1. The molecule has 1 aliphatic carbocycles. The lowest BCUT2D eigenvalue weighted by molar-refractivity contribution is 0.0889. The van der Waals surface area contributed by atoms with Crippen LogP contribution in [0.1, 0.15) is 24.0 Å². The molecule has 0 bridgehead atoms. The van der Waals surface area contributed by atoms with Crippen LogP contribution in [0.3, 0.4) is 0 Å². The van der Waals surface area contributed by atoms with E-state index in [1.54, 1.807) is 0 Å². The third kappa shape index (κ3) is 3.40. The standard InChI is InChI=1S/C15H20Cl2O/c1-12-2-6-14(7-3-12)15(9-16,10-17)11-18-8-13-4-5-13/h2-3,6-7,13H,4-5,8-11H2,1H3. The minimum absolute atomic E-state index is 0.258. The van der Waals surface area contributed by atoms with E-state index >= 15 is 0 Å². The molecule has 0 radical (unpaired) electrons. The van der Waals surface area contributed by atoms with E-state index in [1.165, 1.54) is 24.0 Å². The molecule has 0 amide bonds. The van der Waals surface area contributed by atoms with Crippen LogP contribution in [0.2, 0.25) is 0 Å². The maximum absolute atomic E-state index is 6.17. The Morgan fingerprint density at radius 2 is 1.78 bits per heavy atom. The first-order chi connectivity index (χ1) is 8.70. The lowest BCUT2D eigenvalue weighted by Gasteiger charge is -2.30. The second kappa shape index (κ2) is 6.27. The number of rotatable bonds is 7. The molecule has 1 fully saturated rings. The Bertz CT molecular complexity index is 367. The van der Waals surface area contributed by atoms with Gasteiger partial charge in [-0.15, -0.1) is 23.2 Å². The second-order valence-corrected chi connectivity index (χ2v) is 5.91. The molecule has 1 aliphatic rings. The van der Waals surface area contributed by atoms with E-state index < -0.39 is 0 Å². The Balaban J connectivity index is 2.05. The number of ether oxygens (including phenoxy) is 1. The normalized spacial score (nSPS) is 15.9. The molecule has 1 aromatic carbocycles. The summed E-state index contributed by atoms with van der Waals surface area (Å²) in [5.41, 5.74) is 2.16. The van der Waals surface area contributed by atoms with Gasteiger partial charge in [-0.1, -0.05) is 29.8 Å². The van der Waals surface area contributed by atoms with E-state index in [4.69, 9.17) is 27.9 Å². The summed E-state index contributed by atoms with van der Waals surface area (Å²) in [7, 11) is 0. The van der Waals surface area contributed by atoms with E-state index in [0.717, 1.165) is 12.5 Å². The van der Waals surface area contributed by atoms with E-state index in [2.05, 4.69) is 31.2 Å². The van der Waals surface area contributed by atoms with Crippen molar-refractivity contribution in [3.63, 3.8) is 0 Å². The fourth-order valence-corrected chi connectivity index (χ4v) is 2.71. The zero-order valence-electron chi connectivity index (χ0n) is 10.8. The van der Waals surface area contributed by atoms with Gasteiger partial charge in [-0.2, -0.15) is 0 Å². The summed E-state index contributed by atoms with van der Waals surface area (Å²) in [6.07, 6.45) is 2.61. The zero-order chi connectivity index (χ0) is 13.0. The van der Waals surface area contributed by atoms with E-state index in [0.29, 0.717) is 18.4 Å². The number of hydrogen-bond donors (Lipinski definition) is 0. The van der Waals surface area contributed by atoms with Crippen LogP contribution in [0.25, 0.3) is 0 Å². The van der Waals surface area contributed by atoms with Crippen molar-refractivity contribution in [2.75, 3.05) is 25.0 Å². The Kier molecular flexibility index (Phi) is 4.94. The summed E-state index contributed by atoms with van der Waals surface area (Å²) in [5.74, 6) is 1.75. The topological polar surface area (TPSA) is 9.23 Å². The summed E-state index contributed by atoms with van der Waals surface area (Å²) in [6.45, 7) is 3.54. The molecular formula is C15H20Cl2O. The van der Waals surface area contributed by atoms with Crippen LogP contribution in [0.15, 0.2) is 24.3 Å². The predicted molar refractivity (Wildman–Crippen MR) is 77.8 cm³/mol. The van der Waals surface area contributed by atoms with Crippen LogP contribution < -0.4 is 0 Å². The maximum Gasteiger partial charge on any atom is 0.0586 e. The van der Waals surface area contributed by atoms with Crippen LogP contribution >= 0.6 is 23.2 Å². The summed E-state index contributed by atoms with van der Waals surface area (Å²) in [6, 6.07) is 8.43. The third-order valence-corrected chi connectivity index (χ3v) is 4.63. The van der Waals surface area contributed by atoms with Gasteiger partial charge in [0.05, 0.1) is 6.61 Å². The monoisotopic (exact) mass is 286 g/mol. The van der Waals surface area contributed by atoms with Gasteiger partial charge < -0.3 is 4.74 Å². The van der Waals surface area contributed by atoms with E-state index in [1.807, 2.05) is 0 Å². The first-order valence-electron chi connectivity index (χ1n) is 6.47. The minimum atomic E-state index is -0.258. The number of benzene rings is 1. The fraction of sp³-hybridized carbons (Fsp3) is 0.600. The van der Waals surface area contributed by atoms with Crippen molar-refractivity contribution in [2.24, 2.45) is 5.92 Å². The van der Waals surface area contributed by atoms with Crippen molar-refractivity contribution in [2.45, 2.75) is 25.2 Å². The van der Waals surface area contributed by atoms with Crippen LogP contribution in [-0.4, -0.2) is 25.0 Å². The largest absolute Gasteiger partial charge is 0.380 e. The van der Waals surface area contributed by atoms with Gasteiger partial charge in [0.15, 0.2) is 0 Å². The number of halogens is 2. The molecule has 2 rings (SSSR count). The number of alkyl halides is 2. The summed E-state index contributed by atoms with van der Waals surface area (Å²) in [4.78, 5) is 0. The molecule has 0 aliphatic heterocycles. The Morgan fingerprint density at radius 1 is 1.17 bits per heavy atom. The highest BCUT2D eigenvalue weighted by Crippen LogP contribution is 2.32. The molecule has 1 nitrogen and oxygen atoms in total. The first-order valence-corrected chi connectivity index (χ1v) is 7.54. The molecule has 1 aromatic rings. The first kappa shape index (κ1) is 14.2. The predicted octanol–water partition coefficient (Wildman–Crippen LogP) is 4.14. The maximum atomic E-state index is 6.17. The average molecular weight is 287 g/mol. The Labute approximate surface area is 119 Å². The van der Waals surface area contributed by atoms with Crippen LogP contribution in [0, 0.1) is 12.8 Å². The molecule has 3 heteroatoms. The molecule has 1 saturated carbocycles. The lowest BCUT2D eigenvalue weighted by atomic mass is 9.84. The van der Waals surface area contributed by atoms with Gasteiger partial charge in [0, 0.05) is 23.8 Å². The molecular weight excluding hydrogens is 267 g/mol. The van der Waals surface area contributed by atoms with Crippen LogP contribution in [-0.2, 0) is 10.2 Å². The average Bonchev–Trinajstić information content (AvgIpc) is 3.20. The Morgan fingerprint density at radius 3 is 2.28 bits per heavy atom. The van der Waals surface area contributed by atoms with Gasteiger partial charge in [-0.25, -0.2) is 0 Å². The minimum Gasteiger partial charge on any atom is -0.380 e. The van der Waals surface area contributed by atoms with Crippen molar-refractivity contribution in [1.29, 1.82) is 0 Å². The lowest BCUT2D eigenvalue weighted by Crippen LogP contribution is -2.36. The zero-order valence-corrected chi connectivity index (χ0v) is 12.3. The van der Waals surface area contributed by atoms with Gasteiger partial charge >= 0.3 is 0 Å². The van der Waals surface area contributed by atoms with Crippen molar-refractivity contribution < 1.29 is 4.74 Å². The highest BCUT2D eigenvalue weighted by atomic mass is 35.5. The molecule has 0 spiro atoms. The van der Waals surface area contributed by atoms with Crippen molar-refractivity contribution >= 4 is 23.2 Å². The molecule has 100 valence electrons. The molecule has 0 N–H and O–H groups in total. The van der Waals surface area contributed by atoms with Gasteiger partial charge in [-0.3, -0.25) is 0 Å². The van der Waals surface area contributed by atoms with Crippen LogP contribution in [0.4, 0.5) is 0 Å². The van der Waals surface area contributed by atoms with Gasteiger partial charge in [0.25, 0.3) is 0 Å². The Hall–Kier alpha value is -0.240. The molecule has 0 saturated heterocycles. The highest BCUT2D eigenvalue weighted by molar-refractivity contribution is 6.22. The molecule has 18 heavy (non-hydrogen) atoms. The van der Waals surface area contributed by atoms with Gasteiger partial charge in [0.1, 0.15) is 0 Å². The van der Waals surface area contributed by atoms with Gasteiger partial charge in [-0.05, 0) is 31.2 Å².